The fourth-order valence-corrected chi connectivity index (χ4v) is 2.14. The Kier molecular flexibility index (Phi) is 14.9. The van der Waals surface area contributed by atoms with Crippen LogP contribution >= 0.6 is 0 Å². The largest absolute Gasteiger partial charge is 0.481 e. The average Bonchev–Trinajstić information content (AvgIpc) is 2.68. The molecule has 2 unspecified atom stereocenters. The summed E-state index contributed by atoms with van der Waals surface area (Å²) >= 11 is 0. The molecule has 0 aliphatic carbocycles. The Hall–Kier alpha value is -1.87. The van der Waals surface area contributed by atoms with Crippen LogP contribution in [0, 0.1) is 0 Å². The minimum Gasteiger partial charge on any atom is -0.481 e. The fraction of sp³-hybridized carbons (Fsp3) is 0.824. The highest BCUT2D eigenvalue weighted by atomic mass is 16.5. The minimum absolute atomic E-state index is 0.148. The predicted molar refractivity (Wildman–Crippen MR) is 99.0 cm³/mol. The summed E-state index contributed by atoms with van der Waals surface area (Å²) in [4.78, 5) is 32.0. The standard InChI is InChI=1S/C17H31NO12/c19-8-13(21)12(20)7-18-17(9-28-4-1-14(22)23,10-29-5-2-15(24)25)11-30-6-3-16(26)27/h12-13,18-21H,1-11H2,(H,22,23)(H,24,25)(H,26,27). The molecule has 0 aliphatic rings. The van der Waals surface area contributed by atoms with Gasteiger partial charge in [0.05, 0.1) is 77.2 Å². The Bertz CT molecular complexity index is 460. The summed E-state index contributed by atoms with van der Waals surface area (Å²) < 4.78 is 16.1. The van der Waals surface area contributed by atoms with Crippen molar-refractivity contribution in [3.63, 3.8) is 0 Å². The van der Waals surface area contributed by atoms with E-state index in [0.717, 1.165) is 0 Å². The lowest BCUT2D eigenvalue weighted by atomic mass is 10.0. The molecule has 13 nitrogen and oxygen atoms in total. The summed E-state index contributed by atoms with van der Waals surface area (Å²) in [5, 5.41) is 57.4. The molecule has 0 amide bonds. The van der Waals surface area contributed by atoms with Crippen LogP contribution in [-0.4, -0.2) is 119 Å². The van der Waals surface area contributed by atoms with E-state index in [4.69, 9.17) is 34.6 Å². The first-order chi connectivity index (χ1) is 14.1. The molecule has 0 aromatic rings. The monoisotopic (exact) mass is 441 g/mol. The van der Waals surface area contributed by atoms with E-state index >= 15 is 0 Å². The van der Waals surface area contributed by atoms with Crippen LogP contribution in [0.25, 0.3) is 0 Å². The second kappa shape index (κ2) is 15.9. The van der Waals surface area contributed by atoms with E-state index in [2.05, 4.69) is 5.32 Å². The third-order valence-corrected chi connectivity index (χ3v) is 3.83. The summed E-state index contributed by atoms with van der Waals surface area (Å²) in [5.74, 6) is -3.23. The molecule has 0 heterocycles. The Morgan fingerprint density at radius 2 is 1.10 bits per heavy atom. The molecular formula is C17H31NO12. The first kappa shape index (κ1) is 28.1. The van der Waals surface area contributed by atoms with Crippen molar-refractivity contribution < 1.29 is 59.2 Å². The number of hydrogen-bond acceptors (Lipinski definition) is 10. The van der Waals surface area contributed by atoms with E-state index in [9.17, 15) is 24.6 Å². The molecular weight excluding hydrogens is 410 g/mol. The van der Waals surface area contributed by atoms with Crippen molar-refractivity contribution in [3.05, 3.63) is 0 Å². The molecule has 0 rings (SSSR count). The molecule has 0 aliphatic heterocycles. The van der Waals surface area contributed by atoms with Crippen LogP contribution in [0.1, 0.15) is 19.3 Å². The van der Waals surface area contributed by atoms with Crippen molar-refractivity contribution in [1.29, 1.82) is 0 Å². The topological polar surface area (TPSA) is 212 Å². The number of aliphatic carboxylic acids is 3. The van der Waals surface area contributed by atoms with Gasteiger partial charge in [-0.15, -0.1) is 0 Å². The van der Waals surface area contributed by atoms with Crippen LogP contribution in [0.5, 0.6) is 0 Å². The molecule has 0 radical (unpaired) electrons. The Morgan fingerprint density at radius 1 is 0.733 bits per heavy atom. The van der Waals surface area contributed by atoms with Gasteiger partial charge in [0.2, 0.25) is 0 Å². The quantitative estimate of drug-likeness (QED) is 0.0975. The molecule has 0 fully saturated rings. The Morgan fingerprint density at radius 3 is 1.40 bits per heavy atom. The van der Waals surface area contributed by atoms with E-state index in [-0.39, 0.29) is 65.4 Å². The normalized spacial score (nSPS) is 13.7. The van der Waals surface area contributed by atoms with Gasteiger partial charge < -0.3 is 50.2 Å². The van der Waals surface area contributed by atoms with Gasteiger partial charge in [-0.3, -0.25) is 14.4 Å². The lowest BCUT2D eigenvalue weighted by molar-refractivity contribution is -0.139. The highest BCUT2D eigenvalue weighted by molar-refractivity contribution is 5.67. The summed E-state index contributed by atoms with van der Waals surface area (Å²) in [5.41, 5.74) is -1.22. The van der Waals surface area contributed by atoms with Crippen molar-refractivity contribution in [2.24, 2.45) is 0 Å². The second-order valence-electron chi connectivity index (χ2n) is 6.57. The van der Waals surface area contributed by atoms with Crippen molar-refractivity contribution in [3.8, 4) is 0 Å². The number of aliphatic hydroxyl groups excluding tert-OH is 3. The number of hydrogen-bond donors (Lipinski definition) is 7. The van der Waals surface area contributed by atoms with E-state index < -0.39 is 42.3 Å². The maximum atomic E-state index is 10.7. The Balaban J connectivity index is 5.13. The summed E-state index contributed by atoms with van der Waals surface area (Å²) in [7, 11) is 0. The number of aliphatic hydroxyl groups is 3. The first-order valence-electron chi connectivity index (χ1n) is 9.22. The zero-order valence-electron chi connectivity index (χ0n) is 16.6. The molecule has 7 N–H and O–H groups in total. The number of carboxylic acid groups (broad SMARTS) is 3. The van der Waals surface area contributed by atoms with Gasteiger partial charge in [-0.2, -0.15) is 0 Å². The molecule has 0 saturated heterocycles. The molecule has 176 valence electrons. The highest BCUT2D eigenvalue weighted by Gasteiger charge is 2.33. The van der Waals surface area contributed by atoms with Crippen LogP contribution in [0.3, 0.4) is 0 Å². The van der Waals surface area contributed by atoms with E-state index in [0.29, 0.717) is 0 Å². The van der Waals surface area contributed by atoms with Gasteiger partial charge >= 0.3 is 17.9 Å². The molecule has 30 heavy (non-hydrogen) atoms. The third kappa shape index (κ3) is 14.2. The predicted octanol–water partition coefficient (Wildman–Crippen LogP) is -2.50. The lowest BCUT2D eigenvalue weighted by Crippen LogP contribution is -2.59. The van der Waals surface area contributed by atoms with Crippen LogP contribution < -0.4 is 5.32 Å². The fourth-order valence-electron chi connectivity index (χ4n) is 2.14. The maximum absolute atomic E-state index is 10.7. The first-order valence-corrected chi connectivity index (χ1v) is 9.22. The molecule has 0 bridgehead atoms. The molecule has 0 aromatic carbocycles. The molecule has 0 aromatic heterocycles. The number of carbonyl (C=O) groups is 3. The molecule has 0 spiro atoms. The lowest BCUT2D eigenvalue weighted by Gasteiger charge is -2.35. The van der Waals surface area contributed by atoms with E-state index in [1.54, 1.807) is 0 Å². The van der Waals surface area contributed by atoms with Crippen molar-refractivity contribution in [1.82, 2.24) is 5.32 Å². The summed E-state index contributed by atoms with van der Waals surface area (Å²) in [6.45, 7) is -1.91. The molecule has 13 heteroatoms. The second-order valence-corrected chi connectivity index (χ2v) is 6.57. The number of nitrogens with one attached hydrogen (secondary N) is 1. The van der Waals surface area contributed by atoms with Gasteiger partial charge in [0.15, 0.2) is 0 Å². The zero-order valence-corrected chi connectivity index (χ0v) is 16.6. The highest BCUT2D eigenvalue weighted by Crippen LogP contribution is 2.11. The number of ether oxygens (including phenoxy) is 3. The van der Waals surface area contributed by atoms with Crippen molar-refractivity contribution >= 4 is 17.9 Å². The van der Waals surface area contributed by atoms with Crippen LogP contribution in [-0.2, 0) is 28.6 Å². The van der Waals surface area contributed by atoms with Crippen molar-refractivity contribution in [2.45, 2.75) is 37.0 Å². The zero-order chi connectivity index (χ0) is 23.0. The van der Waals surface area contributed by atoms with Crippen LogP contribution in [0.2, 0.25) is 0 Å². The van der Waals surface area contributed by atoms with Crippen LogP contribution in [0.4, 0.5) is 0 Å². The van der Waals surface area contributed by atoms with Gasteiger partial charge in [0.25, 0.3) is 0 Å². The van der Waals surface area contributed by atoms with Gasteiger partial charge in [0, 0.05) is 6.54 Å². The number of rotatable bonds is 20. The number of carboxylic acids is 3. The SMILES string of the molecule is O=C(O)CCOCC(COCCC(=O)O)(COCCC(=O)O)NCC(O)C(O)CO. The van der Waals surface area contributed by atoms with Gasteiger partial charge in [-0.05, 0) is 0 Å². The molecule has 2 atom stereocenters. The van der Waals surface area contributed by atoms with Crippen LogP contribution in [0.15, 0.2) is 0 Å². The van der Waals surface area contributed by atoms with E-state index in [1.807, 2.05) is 0 Å². The minimum atomic E-state index is -1.43. The summed E-state index contributed by atoms with van der Waals surface area (Å²) in [6.07, 6.45) is -3.62. The van der Waals surface area contributed by atoms with Gasteiger partial charge in [0.1, 0.15) is 6.10 Å². The summed E-state index contributed by atoms with van der Waals surface area (Å²) in [6, 6.07) is 0. The van der Waals surface area contributed by atoms with E-state index in [1.165, 1.54) is 0 Å². The molecule has 0 saturated carbocycles. The van der Waals surface area contributed by atoms with Crippen molar-refractivity contribution in [2.75, 3.05) is 52.8 Å². The van der Waals surface area contributed by atoms with Gasteiger partial charge in [-0.1, -0.05) is 0 Å². The Labute approximate surface area is 173 Å². The number of β-amino-alcohol motifs (C(OH)–C–C–N with tert-alkyl or cyclic N) is 1. The van der Waals surface area contributed by atoms with Gasteiger partial charge in [-0.25, -0.2) is 0 Å². The smallest absolute Gasteiger partial charge is 0.305 e. The maximum Gasteiger partial charge on any atom is 0.305 e. The third-order valence-electron chi connectivity index (χ3n) is 3.83. The average molecular weight is 441 g/mol.